The van der Waals surface area contributed by atoms with Crippen molar-refractivity contribution in [2.24, 2.45) is 0 Å². The number of hydrogen-bond donors (Lipinski definition) is 0. The van der Waals surface area contributed by atoms with Crippen LogP contribution < -0.4 is 0 Å². The third-order valence-electron chi connectivity index (χ3n) is 5.49. The molecule has 2 aliphatic heterocycles. The summed E-state index contributed by atoms with van der Waals surface area (Å²) in [5.74, 6) is -2.49. The van der Waals surface area contributed by atoms with Crippen molar-refractivity contribution in [2.75, 3.05) is 19.7 Å². The van der Waals surface area contributed by atoms with Gasteiger partial charge in [0.05, 0.1) is 16.9 Å². The molecule has 0 unspecified atom stereocenters. The first-order valence-corrected chi connectivity index (χ1v) is 9.93. The minimum atomic E-state index is -0.815. The maximum atomic E-state index is 12.5. The van der Waals surface area contributed by atoms with Crippen LogP contribution in [-0.2, 0) is 14.3 Å². The van der Waals surface area contributed by atoms with Gasteiger partial charge in [-0.05, 0) is 31.7 Å². The molecule has 3 amide bonds. The first-order valence-electron chi connectivity index (χ1n) is 9.93. The molecular formula is C20H23N3O7. The summed E-state index contributed by atoms with van der Waals surface area (Å²) in [4.78, 5) is 62.2. The number of nitro benzene ring substituents is 1. The molecule has 0 bridgehead atoms. The van der Waals surface area contributed by atoms with Gasteiger partial charge in [-0.3, -0.25) is 34.2 Å². The summed E-state index contributed by atoms with van der Waals surface area (Å²) >= 11 is 0. The number of imide groups is 1. The quantitative estimate of drug-likeness (QED) is 0.287. The molecule has 10 heteroatoms. The van der Waals surface area contributed by atoms with Crippen molar-refractivity contribution in [3.63, 3.8) is 0 Å². The molecule has 0 aliphatic carbocycles. The van der Waals surface area contributed by atoms with E-state index >= 15 is 0 Å². The number of fused-ring (bicyclic) bond motifs is 1. The zero-order chi connectivity index (χ0) is 21.8. The third-order valence-corrected chi connectivity index (χ3v) is 5.49. The smallest absolute Gasteiger partial charge is 0.308 e. The van der Waals surface area contributed by atoms with Crippen molar-refractivity contribution >= 4 is 29.4 Å². The predicted octanol–water partition coefficient (Wildman–Crippen LogP) is 1.92. The number of esters is 1. The standard InChI is InChI=1S/C20H23N3O7/c1-2-13-6-3-4-10-21(13)16(24)12-30-17(25)9-11-22-19(26)14-7-5-8-15(23(28)29)18(14)20(22)27/h5,7-8,13H,2-4,6,9-12H2,1H3/t13-/m1/s1. The molecule has 1 aromatic carbocycles. The molecule has 30 heavy (non-hydrogen) atoms. The molecule has 0 aromatic heterocycles. The Bertz CT molecular complexity index is 898. The van der Waals surface area contributed by atoms with Crippen LogP contribution in [0.5, 0.6) is 0 Å². The van der Waals surface area contributed by atoms with E-state index < -0.39 is 28.4 Å². The fourth-order valence-electron chi connectivity index (χ4n) is 3.92. The van der Waals surface area contributed by atoms with Crippen LogP contribution in [0.4, 0.5) is 5.69 Å². The number of hydrogen-bond acceptors (Lipinski definition) is 7. The first-order chi connectivity index (χ1) is 14.3. The lowest BCUT2D eigenvalue weighted by molar-refractivity contribution is -0.385. The molecule has 1 aromatic rings. The number of nitrogens with zero attached hydrogens (tertiary/aromatic N) is 3. The van der Waals surface area contributed by atoms with Gasteiger partial charge in [0.2, 0.25) is 0 Å². The van der Waals surface area contributed by atoms with E-state index in [4.69, 9.17) is 4.74 Å². The largest absolute Gasteiger partial charge is 0.456 e. The van der Waals surface area contributed by atoms with E-state index in [1.165, 1.54) is 12.1 Å². The number of rotatable bonds is 7. The lowest BCUT2D eigenvalue weighted by atomic mass is 10.00. The van der Waals surface area contributed by atoms with Crippen LogP contribution >= 0.6 is 0 Å². The maximum Gasteiger partial charge on any atom is 0.308 e. The van der Waals surface area contributed by atoms with E-state index in [0.717, 1.165) is 36.6 Å². The Morgan fingerprint density at radius 3 is 2.70 bits per heavy atom. The maximum absolute atomic E-state index is 12.5. The molecular weight excluding hydrogens is 394 g/mol. The average Bonchev–Trinajstić information content (AvgIpc) is 3.00. The van der Waals surface area contributed by atoms with E-state index in [-0.39, 0.29) is 42.6 Å². The van der Waals surface area contributed by atoms with Crippen molar-refractivity contribution in [2.45, 2.75) is 45.1 Å². The minimum absolute atomic E-state index is 0.0616. The number of carbonyl (C=O) groups excluding carboxylic acids is 4. The van der Waals surface area contributed by atoms with E-state index in [9.17, 15) is 29.3 Å². The number of carbonyl (C=O) groups is 4. The minimum Gasteiger partial charge on any atom is -0.456 e. The Morgan fingerprint density at radius 1 is 1.23 bits per heavy atom. The van der Waals surface area contributed by atoms with Gasteiger partial charge >= 0.3 is 5.97 Å². The van der Waals surface area contributed by atoms with Gasteiger partial charge in [-0.1, -0.05) is 13.0 Å². The Kier molecular flexibility index (Phi) is 6.43. The van der Waals surface area contributed by atoms with Gasteiger partial charge in [-0.15, -0.1) is 0 Å². The lowest BCUT2D eigenvalue weighted by Crippen LogP contribution is -2.45. The molecule has 1 atom stereocenters. The molecule has 2 heterocycles. The summed E-state index contributed by atoms with van der Waals surface area (Å²) in [6.07, 6.45) is 3.46. The van der Waals surface area contributed by atoms with Crippen LogP contribution in [0.25, 0.3) is 0 Å². The molecule has 0 saturated carbocycles. The second-order valence-corrected chi connectivity index (χ2v) is 7.27. The predicted molar refractivity (Wildman–Crippen MR) is 104 cm³/mol. The van der Waals surface area contributed by atoms with Crippen molar-refractivity contribution in [3.8, 4) is 0 Å². The van der Waals surface area contributed by atoms with Gasteiger partial charge in [-0.2, -0.15) is 0 Å². The van der Waals surface area contributed by atoms with E-state index in [0.29, 0.717) is 6.54 Å². The van der Waals surface area contributed by atoms with Crippen LogP contribution in [0.2, 0.25) is 0 Å². The fourth-order valence-corrected chi connectivity index (χ4v) is 3.92. The van der Waals surface area contributed by atoms with Crippen molar-refractivity contribution < 1.29 is 28.8 Å². The molecule has 0 N–H and O–H groups in total. The lowest BCUT2D eigenvalue weighted by Gasteiger charge is -2.35. The highest BCUT2D eigenvalue weighted by molar-refractivity contribution is 6.23. The number of amides is 3. The number of piperidine rings is 1. The summed E-state index contributed by atoms with van der Waals surface area (Å²) in [7, 11) is 0. The normalized spacial score (nSPS) is 18.4. The molecule has 160 valence electrons. The first kappa shape index (κ1) is 21.4. The fraction of sp³-hybridized carbons (Fsp3) is 0.500. The monoisotopic (exact) mass is 417 g/mol. The number of likely N-dealkylation sites (tertiary alicyclic amines) is 1. The van der Waals surface area contributed by atoms with Gasteiger partial charge < -0.3 is 9.64 Å². The summed E-state index contributed by atoms with van der Waals surface area (Å²) in [5.41, 5.74) is -0.784. The number of ether oxygens (including phenoxy) is 1. The zero-order valence-electron chi connectivity index (χ0n) is 16.7. The molecule has 1 fully saturated rings. The number of nitro groups is 1. The molecule has 2 aliphatic rings. The summed E-state index contributed by atoms with van der Waals surface area (Å²) in [5, 5.41) is 11.1. The van der Waals surface area contributed by atoms with Gasteiger partial charge in [-0.25, -0.2) is 0 Å². The average molecular weight is 417 g/mol. The Labute approximate surface area is 172 Å². The Balaban J connectivity index is 1.54. The van der Waals surface area contributed by atoms with Crippen molar-refractivity contribution in [3.05, 3.63) is 39.4 Å². The van der Waals surface area contributed by atoms with Crippen LogP contribution in [0.15, 0.2) is 18.2 Å². The zero-order valence-corrected chi connectivity index (χ0v) is 16.7. The summed E-state index contributed by atoms with van der Waals surface area (Å²) in [6, 6.07) is 3.97. The van der Waals surface area contributed by atoms with Crippen molar-refractivity contribution in [1.29, 1.82) is 0 Å². The Hall–Kier alpha value is -3.30. The molecule has 0 spiro atoms. The third kappa shape index (κ3) is 4.17. The van der Waals surface area contributed by atoms with Crippen LogP contribution in [0.3, 0.4) is 0 Å². The van der Waals surface area contributed by atoms with Crippen molar-refractivity contribution in [1.82, 2.24) is 9.80 Å². The molecule has 3 rings (SSSR count). The second-order valence-electron chi connectivity index (χ2n) is 7.27. The van der Waals surface area contributed by atoms with E-state index in [1.54, 1.807) is 4.90 Å². The van der Waals surface area contributed by atoms with Gasteiger partial charge in [0.1, 0.15) is 5.56 Å². The molecule has 0 radical (unpaired) electrons. The highest BCUT2D eigenvalue weighted by atomic mass is 16.6. The van der Waals surface area contributed by atoms with Crippen LogP contribution in [0.1, 0.15) is 59.7 Å². The van der Waals surface area contributed by atoms with Crippen LogP contribution in [0, 0.1) is 10.1 Å². The number of benzene rings is 1. The van der Waals surface area contributed by atoms with Gasteiger partial charge in [0.15, 0.2) is 6.61 Å². The second kappa shape index (κ2) is 9.02. The van der Waals surface area contributed by atoms with Gasteiger partial charge in [0.25, 0.3) is 23.4 Å². The summed E-state index contributed by atoms with van der Waals surface area (Å²) in [6.45, 7) is 1.98. The van der Waals surface area contributed by atoms with E-state index in [1.807, 2.05) is 6.92 Å². The SMILES string of the molecule is CC[C@@H]1CCCCN1C(=O)COC(=O)CCN1C(=O)c2cccc([N+](=O)[O-])c2C1=O. The molecule has 10 nitrogen and oxygen atoms in total. The highest BCUT2D eigenvalue weighted by Crippen LogP contribution is 2.30. The van der Waals surface area contributed by atoms with E-state index in [2.05, 4.69) is 0 Å². The topological polar surface area (TPSA) is 127 Å². The van der Waals surface area contributed by atoms with Gasteiger partial charge in [0, 0.05) is 25.2 Å². The molecule has 1 saturated heterocycles. The Morgan fingerprint density at radius 2 is 2.00 bits per heavy atom. The highest BCUT2D eigenvalue weighted by Gasteiger charge is 2.40. The summed E-state index contributed by atoms with van der Waals surface area (Å²) < 4.78 is 5.03. The van der Waals surface area contributed by atoms with Crippen LogP contribution in [-0.4, -0.2) is 64.2 Å².